The van der Waals surface area contributed by atoms with Crippen LogP contribution >= 0.6 is 11.3 Å². The molecule has 2 rings (SSSR count). The van der Waals surface area contributed by atoms with Crippen molar-refractivity contribution in [3.8, 4) is 11.5 Å². The third kappa shape index (κ3) is 3.61. The first-order valence-corrected chi connectivity index (χ1v) is 6.67. The van der Waals surface area contributed by atoms with Crippen LogP contribution in [0.4, 0.5) is 5.69 Å². The maximum Gasteiger partial charge on any atom is 0.348 e. The summed E-state index contributed by atoms with van der Waals surface area (Å²) in [6.07, 6.45) is 2.64. The zero-order valence-electron chi connectivity index (χ0n) is 10.6. The summed E-state index contributed by atoms with van der Waals surface area (Å²) >= 11 is 1.02. The topological polar surface area (TPSA) is 107 Å². The molecule has 1 amide bonds. The molecule has 0 atom stereocenters. The molecular weight excluding hydrogens is 294 g/mol. The third-order valence-corrected chi connectivity index (χ3v) is 3.45. The number of carbonyl (C=O) groups is 2. The van der Waals surface area contributed by atoms with Gasteiger partial charge in [0.1, 0.15) is 4.88 Å². The lowest BCUT2D eigenvalue weighted by Crippen LogP contribution is -2.09. The molecule has 0 bridgehead atoms. The Labute approximate surface area is 123 Å². The molecule has 0 saturated heterocycles. The van der Waals surface area contributed by atoms with Crippen molar-refractivity contribution in [3.05, 3.63) is 46.2 Å². The van der Waals surface area contributed by atoms with E-state index in [1.165, 1.54) is 36.4 Å². The highest BCUT2D eigenvalue weighted by Crippen LogP contribution is 2.25. The molecule has 1 heterocycles. The van der Waals surface area contributed by atoms with Gasteiger partial charge in [-0.05, 0) is 35.2 Å². The second-order valence-electron chi connectivity index (χ2n) is 4.04. The Kier molecular flexibility index (Phi) is 4.24. The number of nitrogens with one attached hydrogen (secondary N) is 1. The van der Waals surface area contributed by atoms with Crippen LogP contribution in [0.3, 0.4) is 0 Å². The average molecular weight is 305 g/mol. The van der Waals surface area contributed by atoms with Crippen LogP contribution in [0, 0.1) is 0 Å². The summed E-state index contributed by atoms with van der Waals surface area (Å²) in [5.74, 6) is -2.14. The van der Waals surface area contributed by atoms with E-state index in [1.807, 2.05) is 0 Å². The van der Waals surface area contributed by atoms with Gasteiger partial charge in [-0.15, -0.1) is 11.3 Å². The Balaban J connectivity index is 2.07. The summed E-state index contributed by atoms with van der Waals surface area (Å²) in [4.78, 5) is 22.7. The second kappa shape index (κ2) is 6.10. The number of aromatic hydroxyl groups is 2. The van der Waals surface area contributed by atoms with Crippen LogP contribution in [0.5, 0.6) is 11.5 Å². The number of carboxylic acids is 1. The summed E-state index contributed by atoms with van der Waals surface area (Å²) in [6, 6.07) is 5.62. The van der Waals surface area contributed by atoms with Crippen molar-refractivity contribution < 1.29 is 24.9 Å². The van der Waals surface area contributed by atoms with Gasteiger partial charge in [0.25, 0.3) is 0 Å². The van der Waals surface area contributed by atoms with Crippen LogP contribution in [-0.4, -0.2) is 27.2 Å². The molecule has 6 nitrogen and oxygen atoms in total. The van der Waals surface area contributed by atoms with Crippen LogP contribution in [0.25, 0.3) is 6.08 Å². The van der Waals surface area contributed by atoms with E-state index in [2.05, 4.69) is 5.32 Å². The molecule has 0 aliphatic carbocycles. The van der Waals surface area contributed by atoms with Gasteiger partial charge in [0.15, 0.2) is 11.5 Å². The largest absolute Gasteiger partial charge is 0.504 e. The third-order valence-electron chi connectivity index (χ3n) is 2.54. The standard InChI is InChI=1S/C14H11NO5S/c16-10-3-1-8(7-11(10)17)2-4-12(18)15-9-5-6-21-13(9)14(19)20/h1-7,16-17H,(H,15,18)(H,19,20). The number of rotatable bonds is 4. The highest BCUT2D eigenvalue weighted by Gasteiger charge is 2.12. The van der Waals surface area contributed by atoms with Gasteiger partial charge in [-0.1, -0.05) is 6.07 Å². The smallest absolute Gasteiger partial charge is 0.348 e. The molecule has 0 radical (unpaired) electrons. The maximum absolute atomic E-state index is 11.7. The number of amides is 1. The van der Waals surface area contributed by atoms with Crippen molar-refractivity contribution in [2.45, 2.75) is 0 Å². The van der Waals surface area contributed by atoms with Crippen LogP contribution < -0.4 is 5.32 Å². The fraction of sp³-hybridized carbons (Fsp3) is 0. The van der Waals surface area contributed by atoms with Crippen LogP contribution in [-0.2, 0) is 4.79 Å². The molecule has 7 heteroatoms. The van der Waals surface area contributed by atoms with Crippen LogP contribution in [0.1, 0.15) is 15.2 Å². The highest BCUT2D eigenvalue weighted by atomic mass is 32.1. The Hall–Kier alpha value is -2.80. The first-order chi connectivity index (χ1) is 9.97. The van der Waals surface area contributed by atoms with Gasteiger partial charge < -0.3 is 20.6 Å². The summed E-state index contributed by atoms with van der Waals surface area (Å²) in [5.41, 5.74) is 0.750. The maximum atomic E-state index is 11.7. The molecule has 0 spiro atoms. The minimum Gasteiger partial charge on any atom is -0.504 e. The fourth-order valence-electron chi connectivity index (χ4n) is 1.56. The molecule has 4 N–H and O–H groups in total. The molecule has 0 unspecified atom stereocenters. The lowest BCUT2D eigenvalue weighted by molar-refractivity contribution is -0.111. The van der Waals surface area contributed by atoms with Gasteiger partial charge in [0.2, 0.25) is 5.91 Å². The Bertz CT molecular complexity index is 720. The van der Waals surface area contributed by atoms with E-state index in [0.717, 1.165) is 11.3 Å². The lowest BCUT2D eigenvalue weighted by atomic mass is 10.2. The number of phenols is 2. The number of carbonyl (C=O) groups excluding carboxylic acids is 1. The number of hydrogen-bond donors (Lipinski definition) is 4. The molecule has 2 aromatic rings. The van der Waals surface area contributed by atoms with Gasteiger partial charge in [-0.2, -0.15) is 0 Å². The van der Waals surface area contributed by atoms with Crippen molar-refractivity contribution >= 4 is 35.0 Å². The fourth-order valence-corrected chi connectivity index (χ4v) is 2.25. The van der Waals surface area contributed by atoms with E-state index >= 15 is 0 Å². The molecule has 0 saturated carbocycles. The molecule has 0 aliphatic rings. The molecule has 21 heavy (non-hydrogen) atoms. The van der Waals surface area contributed by atoms with Crippen molar-refractivity contribution in [1.82, 2.24) is 0 Å². The number of carboxylic acid groups (broad SMARTS) is 1. The first kappa shape index (κ1) is 14.6. The molecule has 0 aliphatic heterocycles. The molecule has 1 aromatic heterocycles. The van der Waals surface area contributed by atoms with Gasteiger partial charge >= 0.3 is 5.97 Å². The van der Waals surface area contributed by atoms with E-state index in [1.54, 1.807) is 5.38 Å². The lowest BCUT2D eigenvalue weighted by Gasteiger charge is -2.01. The van der Waals surface area contributed by atoms with Crippen molar-refractivity contribution in [1.29, 1.82) is 0 Å². The zero-order chi connectivity index (χ0) is 15.4. The Morgan fingerprint density at radius 2 is 1.90 bits per heavy atom. The normalized spacial score (nSPS) is 10.7. The van der Waals surface area contributed by atoms with E-state index < -0.39 is 11.9 Å². The second-order valence-corrected chi connectivity index (χ2v) is 4.96. The summed E-state index contributed by atoms with van der Waals surface area (Å²) < 4.78 is 0. The predicted octanol–water partition coefficient (Wildman–Crippen LogP) is 2.51. The molecule has 108 valence electrons. The predicted molar refractivity (Wildman–Crippen MR) is 78.7 cm³/mol. The highest BCUT2D eigenvalue weighted by molar-refractivity contribution is 7.12. The minimum atomic E-state index is -1.10. The number of phenolic OH excluding ortho intramolecular Hbond substituents is 2. The van der Waals surface area contributed by atoms with Gasteiger partial charge in [0, 0.05) is 6.08 Å². The van der Waals surface area contributed by atoms with Crippen LogP contribution in [0.15, 0.2) is 35.7 Å². The molecule has 1 aromatic carbocycles. The number of aromatic carboxylic acids is 1. The monoisotopic (exact) mass is 305 g/mol. The van der Waals surface area contributed by atoms with E-state index in [0.29, 0.717) is 5.56 Å². The Morgan fingerprint density at radius 3 is 2.57 bits per heavy atom. The minimum absolute atomic E-state index is 0.0547. The van der Waals surface area contributed by atoms with Crippen molar-refractivity contribution in [2.24, 2.45) is 0 Å². The first-order valence-electron chi connectivity index (χ1n) is 5.79. The van der Waals surface area contributed by atoms with Crippen LogP contribution in [0.2, 0.25) is 0 Å². The van der Waals surface area contributed by atoms with Crippen molar-refractivity contribution in [2.75, 3.05) is 5.32 Å². The molecule has 0 fully saturated rings. The quantitative estimate of drug-likeness (QED) is 0.513. The van der Waals surface area contributed by atoms with E-state index in [9.17, 15) is 14.7 Å². The summed E-state index contributed by atoms with van der Waals surface area (Å²) in [5, 5.41) is 31.4. The summed E-state index contributed by atoms with van der Waals surface area (Å²) in [6.45, 7) is 0. The number of benzene rings is 1. The zero-order valence-corrected chi connectivity index (χ0v) is 11.4. The van der Waals surface area contributed by atoms with E-state index in [-0.39, 0.29) is 22.1 Å². The van der Waals surface area contributed by atoms with E-state index in [4.69, 9.17) is 10.2 Å². The van der Waals surface area contributed by atoms with Gasteiger partial charge in [-0.25, -0.2) is 4.79 Å². The molecular formula is C14H11NO5S. The number of anilines is 1. The average Bonchev–Trinajstić information content (AvgIpc) is 2.88. The number of thiophene rings is 1. The SMILES string of the molecule is O=C(C=Cc1ccc(O)c(O)c1)Nc1ccsc1C(=O)O. The number of hydrogen-bond acceptors (Lipinski definition) is 5. The summed E-state index contributed by atoms with van der Waals surface area (Å²) in [7, 11) is 0. The van der Waals surface area contributed by atoms with Gasteiger partial charge in [-0.3, -0.25) is 4.79 Å². The van der Waals surface area contributed by atoms with Gasteiger partial charge in [0.05, 0.1) is 5.69 Å². The van der Waals surface area contributed by atoms with Crippen molar-refractivity contribution in [3.63, 3.8) is 0 Å². The Morgan fingerprint density at radius 1 is 1.14 bits per heavy atom.